The maximum absolute atomic E-state index is 12.4. The number of anilines is 1. The topological polar surface area (TPSA) is 46.6 Å². The lowest BCUT2D eigenvalue weighted by Crippen LogP contribution is -2.16. The molecule has 1 unspecified atom stereocenters. The molecule has 0 aliphatic carbocycles. The molecule has 0 saturated carbocycles. The first-order valence-electron chi connectivity index (χ1n) is 9.00. The van der Waals surface area contributed by atoms with E-state index in [0.29, 0.717) is 12.2 Å². The van der Waals surface area contributed by atoms with Crippen LogP contribution < -0.4 is 4.90 Å². The third-order valence-electron chi connectivity index (χ3n) is 4.31. The lowest BCUT2D eigenvalue weighted by Gasteiger charge is -2.19. The second-order valence-electron chi connectivity index (χ2n) is 6.41. The number of benzene rings is 2. The Morgan fingerprint density at radius 3 is 2.33 bits per heavy atom. The number of nitrogens with zero attached hydrogens (tertiary/aromatic N) is 1. The minimum Gasteiger partial charge on any atom is -0.469 e. The van der Waals surface area contributed by atoms with Crippen LogP contribution in [0, 0.1) is 0 Å². The third-order valence-corrected chi connectivity index (χ3v) is 6.02. The number of esters is 1. The maximum atomic E-state index is 12.4. The van der Waals surface area contributed by atoms with E-state index >= 15 is 0 Å². The van der Waals surface area contributed by atoms with Gasteiger partial charge in [-0.25, -0.2) is 0 Å². The molecule has 2 aromatic rings. The number of carbonyl (C=O) groups is 1. The van der Waals surface area contributed by atoms with Gasteiger partial charge in [0.05, 0.1) is 17.9 Å². The van der Waals surface area contributed by atoms with E-state index in [4.69, 9.17) is 11.6 Å². The Hall–Kier alpha value is -1.85. The summed E-state index contributed by atoms with van der Waals surface area (Å²) in [5, 5.41) is 0.735. The van der Waals surface area contributed by atoms with Crippen molar-refractivity contribution in [1.29, 1.82) is 0 Å². The van der Waals surface area contributed by atoms with Gasteiger partial charge in [0.25, 0.3) is 0 Å². The van der Waals surface area contributed by atoms with Gasteiger partial charge in [-0.1, -0.05) is 30.2 Å². The van der Waals surface area contributed by atoms with Gasteiger partial charge >= 0.3 is 5.97 Å². The largest absolute Gasteiger partial charge is 0.469 e. The van der Waals surface area contributed by atoms with Gasteiger partial charge in [0.15, 0.2) is 0 Å². The van der Waals surface area contributed by atoms with Crippen molar-refractivity contribution in [2.45, 2.75) is 37.1 Å². The molecule has 0 fully saturated rings. The van der Waals surface area contributed by atoms with Crippen molar-refractivity contribution in [3.8, 4) is 0 Å². The zero-order valence-corrected chi connectivity index (χ0v) is 17.4. The highest BCUT2D eigenvalue weighted by molar-refractivity contribution is 7.85. The van der Waals surface area contributed by atoms with Crippen LogP contribution in [-0.4, -0.2) is 30.1 Å². The molecule has 0 radical (unpaired) electrons. The van der Waals surface area contributed by atoms with Crippen molar-refractivity contribution in [3.05, 3.63) is 59.1 Å². The summed E-state index contributed by atoms with van der Waals surface area (Å²) < 4.78 is 17.0. The second kappa shape index (κ2) is 11.1. The SMILES string of the molecule is COC(=O)CCCCCS(=O)c1ccc(N(C)Cc2ccc(Cl)cc2)cc1. The predicted molar refractivity (Wildman–Crippen MR) is 112 cm³/mol. The molecule has 2 rings (SSSR count). The number of unbranched alkanes of at least 4 members (excludes halogenated alkanes) is 2. The lowest BCUT2D eigenvalue weighted by molar-refractivity contribution is -0.140. The molecule has 0 heterocycles. The Morgan fingerprint density at radius 2 is 1.70 bits per heavy atom. The van der Waals surface area contributed by atoms with Crippen molar-refractivity contribution in [2.75, 3.05) is 24.8 Å². The van der Waals surface area contributed by atoms with Gasteiger partial charge in [-0.3, -0.25) is 9.00 Å². The average molecular weight is 408 g/mol. The van der Waals surface area contributed by atoms with Crippen molar-refractivity contribution < 1.29 is 13.7 Å². The first-order valence-corrected chi connectivity index (χ1v) is 10.7. The van der Waals surface area contributed by atoms with E-state index in [2.05, 4.69) is 9.64 Å². The molecule has 0 saturated heterocycles. The molecule has 0 N–H and O–H groups in total. The van der Waals surface area contributed by atoms with Gasteiger partial charge in [0.2, 0.25) is 0 Å². The van der Waals surface area contributed by atoms with Crippen molar-refractivity contribution in [1.82, 2.24) is 0 Å². The number of rotatable bonds is 10. The van der Waals surface area contributed by atoms with E-state index in [-0.39, 0.29) is 5.97 Å². The van der Waals surface area contributed by atoms with Gasteiger partial charge in [-0.05, 0) is 54.8 Å². The Kier molecular flexibility index (Phi) is 8.82. The van der Waals surface area contributed by atoms with Gasteiger partial charge in [0.1, 0.15) is 0 Å². The standard InChI is InChI=1S/C21H26ClNO3S/c1-23(16-17-7-9-18(22)10-8-17)19-11-13-20(14-12-19)27(25)15-5-3-4-6-21(24)26-2/h7-14H,3-6,15-16H2,1-2H3. The van der Waals surface area contributed by atoms with E-state index < -0.39 is 10.8 Å². The zero-order valence-electron chi connectivity index (χ0n) is 15.8. The van der Waals surface area contributed by atoms with Crippen LogP contribution in [0.4, 0.5) is 5.69 Å². The predicted octanol–water partition coefficient (Wildman–Crippen LogP) is 4.82. The van der Waals surface area contributed by atoms with Crippen LogP contribution in [0.3, 0.4) is 0 Å². The average Bonchev–Trinajstić information content (AvgIpc) is 2.69. The van der Waals surface area contributed by atoms with Crippen LogP contribution in [0.25, 0.3) is 0 Å². The van der Waals surface area contributed by atoms with Crippen molar-refractivity contribution in [3.63, 3.8) is 0 Å². The normalized spacial score (nSPS) is 11.8. The summed E-state index contributed by atoms with van der Waals surface area (Å²) in [7, 11) is 2.42. The van der Waals surface area contributed by atoms with Gasteiger partial charge < -0.3 is 9.64 Å². The maximum Gasteiger partial charge on any atom is 0.305 e. The minimum atomic E-state index is -1.01. The monoisotopic (exact) mass is 407 g/mol. The van der Waals surface area contributed by atoms with Crippen LogP contribution in [0.1, 0.15) is 31.2 Å². The van der Waals surface area contributed by atoms with Gasteiger partial charge in [0, 0.05) is 41.4 Å². The van der Waals surface area contributed by atoms with E-state index in [0.717, 1.165) is 41.4 Å². The molecule has 0 aliphatic heterocycles. The highest BCUT2D eigenvalue weighted by Gasteiger charge is 2.07. The summed E-state index contributed by atoms with van der Waals surface area (Å²) >= 11 is 5.92. The third kappa shape index (κ3) is 7.35. The molecule has 4 nitrogen and oxygen atoms in total. The molecular formula is C21H26ClNO3S. The fraction of sp³-hybridized carbons (Fsp3) is 0.381. The molecule has 0 aliphatic rings. The number of halogens is 1. The fourth-order valence-electron chi connectivity index (χ4n) is 2.71. The van der Waals surface area contributed by atoms with Crippen LogP contribution in [0.15, 0.2) is 53.4 Å². The molecule has 27 heavy (non-hydrogen) atoms. The summed E-state index contributed by atoms with van der Waals surface area (Å²) in [5.41, 5.74) is 2.25. The molecule has 0 aromatic heterocycles. The van der Waals surface area contributed by atoms with Crippen LogP contribution in [-0.2, 0) is 26.9 Å². The molecule has 1 atom stereocenters. The van der Waals surface area contributed by atoms with E-state index in [1.165, 1.54) is 12.7 Å². The summed E-state index contributed by atoms with van der Waals surface area (Å²) in [4.78, 5) is 14.0. The molecule has 146 valence electrons. The van der Waals surface area contributed by atoms with Crippen molar-refractivity contribution >= 4 is 34.1 Å². The molecule has 0 spiro atoms. The number of hydrogen-bond acceptors (Lipinski definition) is 4. The summed E-state index contributed by atoms with van der Waals surface area (Å²) in [5.74, 6) is 0.427. The molecule has 2 aromatic carbocycles. The summed E-state index contributed by atoms with van der Waals surface area (Å²) in [6.45, 7) is 0.778. The van der Waals surface area contributed by atoms with Crippen LogP contribution in [0.2, 0.25) is 5.02 Å². The smallest absolute Gasteiger partial charge is 0.305 e. The van der Waals surface area contributed by atoms with E-state index in [1.807, 2.05) is 55.6 Å². The quantitative estimate of drug-likeness (QED) is 0.418. The highest BCUT2D eigenvalue weighted by Crippen LogP contribution is 2.19. The van der Waals surface area contributed by atoms with E-state index in [1.54, 1.807) is 0 Å². The minimum absolute atomic E-state index is 0.186. The molecule has 0 bridgehead atoms. The Bertz CT molecular complexity index is 747. The van der Waals surface area contributed by atoms with Gasteiger partial charge in [-0.2, -0.15) is 0 Å². The zero-order chi connectivity index (χ0) is 19.6. The number of methoxy groups -OCH3 is 1. The van der Waals surface area contributed by atoms with Crippen LogP contribution >= 0.6 is 11.6 Å². The van der Waals surface area contributed by atoms with Gasteiger partial charge in [-0.15, -0.1) is 0 Å². The molecule has 0 amide bonds. The van der Waals surface area contributed by atoms with Crippen LogP contribution in [0.5, 0.6) is 0 Å². The first-order chi connectivity index (χ1) is 13.0. The number of carbonyl (C=O) groups excluding carboxylic acids is 1. The summed E-state index contributed by atoms with van der Waals surface area (Å²) in [6, 6.07) is 15.7. The first kappa shape index (κ1) is 21.5. The fourth-order valence-corrected chi connectivity index (χ4v) is 3.97. The Morgan fingerprint density at radius 1 is 1.04 bits per heavy atom. The number of ether oxygens (including phenoxy) is 1. The Balaban J connectivity index is 1.80. The molecule has 6 heteroatoms. The van der Waals surface area contributed by atoms with Crippen molar-refractivity contribution in [2.24, 2.45) is 0 Å². The highest BCUT2D eigenvalue weighted by atomic mass is 35.5. The van der Waals surface area contributed by atoms with E-state index in [9.17, 15) is 9.00 Å². The second-order valence-corrected chi connectivity index (χ2v) is 8.42. The molecular weight excluding hydrogens is 382 g/mol. The Labute approximate surface area is 168 Å². The number of hydrogen-bond donors (Lipinski definition) is 0. The lowest BCUT2D eigenvalue weighted by atomic mass is 10.2. The summed E-state index contributed by atoms with van der Waals surface area (Å²) in [6.07, 6.45) is 2.92.